The molecule has 0 bridgehead atoms. The van der Waals surface area contributed by atoms with Crippen molar-refractivity contribution in [1.82, 2.24) is 20.0 Å². The molecule has 1 N–H and O–H groups in total. The summed E-state index contributed by atoms with van der Waals surface area (Å²) in [5.74, 6) is 0.876. The topological polar surface area (TPSA) is 33.1 Å². The van der Waals surface area contributed by atoms with E-state index in [-0.39, 0.29) is 0 Å². The van der Waals surface area contributed by atoms with Gasteiger partial charge in [0.05, 0.1) is 5.69 Å². The fourth-order valence-electron chi connectivity index (χ4n) is 3.31. The van der Waals surface area contributed by atoms with E-state index in [1.54, 1.807) is 0 Å². The summed E-state index contributed by atoms with van der Waals surface area (Å²) in [5, 5.41) is 8.07. The van der Waals surface area contributed by atoms with E-state index in [0.29, 0.717) is 0 Å². The summed E-state index contributed by atoms with van der Waals surface area (Å²) in [4.78, 5) is 2.58. The lowest BCUT2D eigenvalue weighted by molar-refractivity contribution is 0.312. The minimum atomic E-state index is 0.737. The summed E-state index contributed by atoms with van der Waals surface area (Å²) >= 11 is 0. The predicted octanol–water partition coefficient (Wildman–Crippen LogP) is 0.912. The van der Waals surface area contributed by atoms with E-state index in [1.807, 2.05) is 11.7 Å². The fourth-order valence-corrected chi connectivity index (χ4v) is 3.31. The molecule has 94 valence electrons. The van der Waals surface area contributed by atoms with Gasteiger partial charge in [0.15, 0.2) is 0 Å². The average molecular weight is 234 g/mol. The summed E-state index contributed by atoms with van der Waals surface area (Å²) in [6.45, 7) is 6.84. The molecule has 1 aromatic heterocycles. The van der Waals surface area contributed by atoms with Crippen LogP contribution in [0.3, 0.4) is 0 Å². The minimum Gasteiger partial charge on any atom is -0.312 e. The second kappa shape index (κ2) is 4.42. The first kappa shape index (κ1) is 11.2. The molecule has 1 aromatic rings. The van der Waals surface area contributed by atoms with Crippen molar-refractivity contribution in [1.29, 1.82) is 0 Å². The van der Waals surface area contributed by atoms with Crippen molar-refractivity contribution in [2.24, 2.45) is 13.0 Å². The van der Waals surface area contributed by atoms with Gasteiger partial charge in [-0.15, -0.1) is 0 Å². The third-order valence-electron chi connectivity index (χ3n) is 4.18. The number of piperidine rings is 1. The Hall–Kier alpha value is -0.870. The smallest absolute Gasteiger partial charge is 0.0638 e. The largest absolute Gasteiger partial charge is 0.312 e. The van der Waals surface area contributed by atoms with Gasteiger partial charge in [0, 0.05) is 44.5 Å². The van der Waals surface area contributed by atoms with Gasteiger partial charge < -0.3 is 5.32 Å². The van der Waals surface area contributed by atoms with Crippen LogP contribution in [-0.2, 0) is 13.6 Å². The van der Waals surface area contributed by atoms with Crippen molar-refractivity contribution in [2.45, 2.75) is 32.4 Å². The molecule has 0 amide bonds. The maximum atomic E-state index is 4.42. The Morgan fingerprint density at radius 3 is 3.06 bits per heavy atom. The van der Waals surface area contributed by atoms with E-state index >= 15 is 0 Å². The lowest BCUT2D eigenvalue weighted by Crippen LogP contribution is -2.40. The molecule has 3 rings (SSSR count). The maximum absolute atomic E-state index is 4.42. The first-order chi connectivity index (χ1) is 8.22. The van der Waals surface area contributed by atoms with Crippen LogP contribution in [0.25, 0.3) is 0 Å². The zero-order valence-corrected chi connectivity index (χ0v) is 10.8. The number of aryl methyl sites for hydroxylation is 2. The summed E-state index contributed by atoms with van der Waals surface area (Å²) in [5.41, 5.74) is 2.56. The molecule has 0 radical (unpaired) electrons. The standard InChI is InChI=1S/C13H22N4/c1-10-12(6-16(2)15-10)8-17-7-11-4-3-5-14-13(11)9-17/h6,11,13-14H,3-5,7-9H2,1-2H3. The van der Waals surface area contributed by atoms with Crippen molar-refractivity contribution in [2.75, 3.05) is 19.6 Å². The van der Waals surface area contributed by atoms with Crippen LogP contribution in [0.15, 0.2) is 6.20 Å². The van der Waals surface area contributed by atoms with Gasteiger partial charge in [-0.3, -0.25) is 9.58 Å². The lowest BCUT2D eigenvalue weighted by atomic mass is 9.94. The molecule has 2 saturated heterocycles. The van der Waals surface area contributed by atoms with Crippen LogP contribution in [0.4, 0.5) is 0 Å². The monoisotopic (exact) mass is 234 g/mol. The number of rotatable bonds is 2. The number of likely N-dealkylation sites (tertiary alicyclic amines) is 1. The summed E-state index contributed by atoms with van der Waals surface area (Å²) in [6.07, 6.45) is 4.91. The van der Waals surface area contributed by atoms with E-state index in [4.69, 9.17) is 0 Å². The van der Waals surface area contributed by atoms with Gasteiger partial charge in [0.2, 0.25) is 0 Å². The lowest BCUT2D eigenvalue weighted by Gasteiger charge is -2.24. The van der Waals surface area contributed by atoms with Crippen molar-refractivity contribution in [3.8, 4) is 0 Å². The number of hydrogen-bond donors (Lipinski definition) is 1. The Morgan fingerprint density at radius 2 is 2.35 bits per heavy atom. The van der Waals surface area contributed by atoms with Crippen LogP contribution in [-0.4, -0.2) is 40.4 Å². The van der Waals surface area contributed by atoms with E-state index in [9.17, 15) is 0 Å². The number of nitrogens with one attached hydrogen (secondary N) is 1. The van der Waals surface area contributed by atoms with Crippen LogP contribution in [0.5, 0.6) is 0 Å². The second-order valence-electron chi connectivity index (χ2n) is 5.57. The average Bonchev–Trinajstić information content (AvgIpc) is 2.82. The molecule has 2 aliphatic heterocycles. The van der Waals surface area contributed by atoms with Crippen molar-refractivity contribution in [3.05, 3.63) is 17.5 Å². The maximum Gasteiger partial charge on any atom is 0.0638 e. The third-order valence-corrected chi connectivity index (χ3v) is 4.18. The molecule has 2 aliphatic rings. The van der Waals surface area contributed by atoms with E-state index in [0.717, 1.165) is 18.5 Å². The van der Waals surface area contributed by atoms with Crippen LogP contribution < -0.4 is 5.32 Å². The Bertz CT molecular complexity index is 384. The third kappa shape index (κ3) is 2.24. The number of fused-ring (bicyclic) bond motifs is 1. The minimum absolute atomic E-state index is 0.737. The molecule has 0 spiro atoms. The molecule has 3 heterocycles. The van der Waals surface area contributed by atoms with Crippen LogP contribution >= 0.6 is 0 Å². The van der Waals surface area contributed by atoms with Gasteiger partial charge in [-0.05, 0) is 32.2 Å². The highest BCUT2D eigenvalue weighted by Gasteiger charge is 2.34. The van der Waals surface area contributed by atoms with Crippen molar-refractivity contribution < 1.29 is 0 Å². The summed E-state index contributed by atoms with van der Waals surface area (Å²) in [7, 11) is 2.00. The first-order valence-corrected chi connectivity index (χ1v) is 6.67. The van der Waals surface area contributed by atoms with Crippen LogP contribution in [0.2, 0.25) is 0 Å². The first-order valence-electron chi connectivity index (χ1n) is 6.67. The van der Waals surface area contributed by atoms with E-state index < -0.39 is 0 Å². The summed E-state index contributed by atoms with van der Waals surface area (Å²) < 4.78 is 1.92. The highest BCUT2D eigenvalue weighted by Crippen LogP contribution is 2.26. The highest BCUT2D eigenvalue weighted by molar-refractivity contribution is 5.15. The molecular weight excluding hydrogens is 212 g/mol. The number of nitrogens with zero attached hydrogens (tertiary/aromatic N) is 3. The zero-order valence-electron chi connectivity index (χ0n) is 10.8. The highest BCUT2D eigenvalue weighted by atomic mass is 15.3. The number of aromatic nitrogens is 2. The Balaban J connectivity index is 1.65. The van der Waals surface area contributed by atoms with Gasteiger partial charge in [-0.1, -0.05) is 0 Å². The number of hydrogen-bond acceptors (Lipinski definition) is 3. The van der Waals surface area contributed by atoms with Gasteiger partial charge in [-0.25, -0.2) is 0 Å². The molecular formula is C13H22N4. The Labute approximate surface area is 103 Å². The van der Waals surface area contributed by atoms with Gasteiger partial charge >= 0.3 is 0 Å². The quantitative estimate of drug-likeness (QED) is 0.826. The zero-order chi connectivity index (χ0) is 11.8. The molecule has 0 aliphatic carbocycles. The SMILES string of the molecule is Cc1nn(C)cc1CN1CC2CCCNC2C1. The molecule has 0 saturated carbocycles. The molecule has 4 nitrogen and oxygen atoms in total. The van der Waals surface area contributed by atoms with Crippen molar-refractivity contribution >= 4 is 0 Å². The molecule has 0 aromatic carbocycles. The normalized spacial score (nSPS) is 29.5. The van der Waals surface area contributed by atoms with Crippen LogP contribution in [0, 0.1) is 12.8 Å². The molecule has 17 heavy (non-hydrogen) atoms. The predicted molar refractivity (Wildman–Crippen MR) is 67.7 cm³/mol. The van der Waals surface area contributed by atoms with E-state index in [1.165, 1.54) is 43.7 Å². The summed E-state index contributed by atoms with van der Waals surface area (Å²) in [6, 6.07) is 0.737. The van der Waals surface area contributed by atoms with Gasteiger partial charge in [0.1, 0.15) is 0 Å². The van der Waals surface area contributed by atoms with Crippen molar-refractivity contribution in [3.63, 3.8) is 0 Å². The fraction of sp³-hybridized carbons (Fsp3) is 0.769. The molecule has 4 heteroatoms. The molecule has 2 unspecified atom stereocenters. The molecule has 2 fully saturated rings. The van der Waals surface area contributed by atoms with E-state index in [2.05, 4.69) is 28.4 Å². The van der Waals surface area contributed by atoms with Gasteiger partial charge in [0.25, 0.3) is 0 Å². The second-order valence-corrected chi connectivity index (χ2v) is 5.57. The Kier molecular flexibility index (Phi) is 2.92. The van der Waals surface area contributed by atoms with Crippen LogP contribution in [0.1, 0.15) is 24.1 Å². The van der Waals surface area contributed by atoms with Gasteiger partial charge in [-0.2, -0.15) is 5.10 Å². The molecule has 2 atom stereocenters. The Morgan fingerprint density at radius 1 is 1.47 bits per heavy atom.